The van der Waals surface area contributed by atoms with Crippen LogP contribution in [0.4, 0.5) is 0 Å². The maximum Gasteiger partial charge on any atom is 0.119 e. The molecule has 1 aliphatic heterocycles. The summed E-state index contributed by atoms with van der Waals surface area (Å²) in [5, 5.41) is 0. The van der Waals surface area contributed by atoms with Crippen molar-refractivity contribution in [3.05, 3.63) is 29.8 Å². The lowest BCUT2D eigenvalue weighted by Gasteiger charge is -2.34. The molecule has 24 heavy (non-hydrogen) atoms. The highest BCUT2D eigenvalue weighted by Gasteiger charge is 2.16. The molecule has 1 fully saturated rings. The molecular formula is C20H34N2O2. The number of rotatable bonds is 9. The molecule has 0 aromatic heterocycles. The fourth-order valence-corrected chi connectivity index (χ4v) is 2.90. The summed E-state index contributed by atoms with van der Waals surface area (Å²) in [5.74, 6) is 1.55. The Morgan fingerprint density at radius 3 is 1.88 bits per heavy atom. The fourth-order valence-electron chi connectivity index (χ4n) is 2.90. The zero-order chi connectivity index (χ0) is 17.4. The van der Waals surface area contributed by atoms with Gasteiger partial charge in [0, 0.05) is 39.3 Å². The zero-order valence-electron chi connectivity index (χ0n) is 15.8. The van der Waals surface area contributed by atoms with Crippen LogP contribution in [-0.4, -0.2) is 68.4 Å². The second-order valence-electron chi connectivity index (χ2n) is 7.18. The van der Waals surface area contributed by atoms with E-state index in [0.717, 1.165) is 58.2 Å². The van der Waals surface area contributed by atoms with E-state index < -0.39 is 0 Å². The Labute approximate surface area is 147 Å². The molecule has 1 aromatic rings. The summed E-state index contributed by atoms with van der Waals surface area (Å²) < 4.78 is 11.5. The fraction of sp³-hybridized carbons (Fsp3) is 0.700. The Kier molecular flexibility index (Phi) is 8.03. The third-order valence-corrected chi connectivity index (χ3v) is 4.55. The molecule has 0 aliphatic carbocycles. The van der Waals surface area contributed by atoms with Gasteiger partial charge in [-0.1, -0.05) is 26.0 Å². The number of hydrogen-bond donors (Lipinski definition) is 0. The minimum atomic E-state index is 0.332. The molecule has 4 heteroatoms. The SMILES string of the molecule is CC(C)OCCN1CCN(CCOc2ccc(C(C)C)cc2)CC1. The van der Waals surface area contributed by atoms with Gasteiger partial charge in [-0.2, -0.15) is 0 Å². The highest BCUT2D eigenvalue weighted by atomic mass is 16.5. The summed E-state index contributed by atoms with van der Waals surface area (Å²) in [6.45, 7) is 16.8. The average Bonchev–Trinajstić information content (AvgIpc) is 2.56. The van der Waals surface area contributed by atoms with E-state index in [-0.39, 0.29) is 0 Å². The Balaban J connectivity index is 1.59. The third-order valence-electron chi connectivity index (χ3n) is 4.55. The molecule has 2 rings (SSSR count). The smallest absolute Gasteiger partial charge is 0.119 e. The van der Waals surface area contributed by atoms with Crippen molar-refractivity contribution in [3.63, 3.8) is 0 Å². The second-order valence-corrected chi connectivity index (χ2v) is 7.18. The van der Waals surface area contributed by atoms with E-state index in [1.165, 1.54) is 5.56 Å². The summed E-state index contributed by atoms with van der Waals surface area (Å²) in [6.07, 6.45) is 0.332. The molecule has 0 atom stereocenters. The molecule has 0 spiro atoms. The van der Waals surface area contributed by atoms with Crippen molar-refractivity contribution in [1.82, 2.24) is 9.80 Å². The molecular weight excluding hydrogens is 300 g/mol. The summed E-state index contributed by atoms with van der Waals surface area (Å²) in [5.41, 5.74) is 1.36. The number of nitrogens with zero attached hydrogens (tertiary/aromatic N) is 2. The van der Waals surface area contributed by atoms with Gasteiger partial charge in [-0.15, -0.1) is 0 Å². The summed E-state index contributed by atoms with van der Waals surface area (Å²) in [6, 6.07) is 8.50. The van der Waals surface area contributed by atoms with Gasteiger partial charge in [0.1, 0.15) is 12.4 Å². The maximum absolute atomic E-state index is 5.89. The predicted molar refractivity (Wildman–Crippen MR) is 100.0 cm³/mol. The van der Waals surface area contributed by atoms with E-state index in [9.17, 15) is 0 Å². The molecule has 1 saturated heterocycles. The maximum atomic E-state index is 5.89. The summed E-state index contributed by atoms with van der Waals surface area (Å²) >= 11 is 0. The van der Waals surface area contributed by atoms with Crippen LogP contribution in [-0.2, 0) is 4.74 Å². The van der Waals surface area contributed by atoms with E-state index in [1.807, 2.05) is 0 Å². The molecule has 1 aliphatic rings. The normalized spacial score (nSPS) is 16.9. The van der Waals surface area contributed by atoms with E-state index in [2.05, 4.69) is 61.8 Å². The number of piperazine rings is 1. The van der Waals surface area contributed by atoms with E-state index in [4.69, 9.17) is 9.47 Å². The molecule has 136 valence electrons. The molecule has 1 aromatic carbocycles. The third kappa shape index (κ3) is 6.80. The van der Waals surface area contributed by atoms with Crippen molar-refractivity contribution >= 4 is 0 Å². The first-order chi connectivity index (χ1) is 11.5. The van der Waals surface area contributed by atoms with Gasteiger partial charge in [0.15, 0.2) is 0 Å². The van der Waals surface area contributed by atoms with Crippen LogP contribution in [0.1, 0.15) is 39.2 Å². The Morgan fingerprint density at radius 2 is 1.38 bits per heavy atom. The lowest BCUT2D eigenvalue weighted by Crippen LogP contribution is -2.48. The summed E-state index contributed by atoms with van der Waals surface area (Å²) in [7, 11) is 0. The average molecular weight is 335 g/mol. The van der Waals surface area contributed by atoms with Crippen molar-refractivity contribution in [2.75, 3.05) is 52.5 Å². The van der Waals surface area contributed by atoms with Gasteiger partial charge in [0.25, 0.3) is 0 Å². The van der Waals surface area contributed by atoms with E-state index in [0.29, 0.717) is 12.0 Å². The van der Waals surface area contributed by atoms with Crippen LogP contribution in [0, 0.1) is 0 Å². The van der Waals surface area contributed by atoms with Gasteiger partial charge in [-0.3, -0.25) is 9.80 Å². The molecule has 0 radical (unpaired) electrons. The first kappa shape index (κ1) is 19.2. The minimum absolute atomic E-state index is 0.332. The molecule has 4 nitrogen and oxygen atoms in total. The van der Waals surface area contributed by atoms with Crippen molar-refractivity contribution in [3.8, 4) is 5.75 Å². The van der Waals surface area contributed by atoms with Crippen molar-refractivity contribution in [2.24, 2.45) is 0 Å². The molecule has 0 unspecified atom stereocenters. The number of hydrogen-bond acceptors (Lipinski definition) is 4. The molecule has 0 N–H and O–H groups in total. The lowest BCUT2D eigenvalue weighted by atomic mass is 10.0. The van der Waals surface area contributed by atoms with Gasteiger partial charge in [0.05, 0.1) is 12.7 Å². The van der Waals surface area contributed by atoms with Crippen LogP contribution >= 0.6 is 0 Å². The Bertz CT molecular complexity index is 451. The van der Waals surface area contributed by atoms with Crippen LogP contribution < -0.4 is 4.74 Å². The van der Waals surface area contributed by atoms with Crippen molar-refractivity contribution < 1.29 is 9.47 Å². The summed E-state index contributed by atoms with van der Waals surface area (Å²) in [4.78, 5) is 4.98. The van der Waals surface area contributed by atoms with Gasteiger partial charge >= 0.3 is 0 Å². The highest BCUT2D eigenvalue weighted by Crippen LogP contribution is 2.18. The first-order valence-electron chi connectivity index (χ1n) is 9.33. The quantitative estimate of drug-likeness (QED) is 0.692. The van der Waals surface area contributed by atoms with Crippen LogP contribution in [0.15, 0.2) is 24.3 Å². The standard InChI is InChI=1S/C20H34N2O2/c1-17(2)19-5-7-20(8-6-19)24-16-14-22-11-9-21(10-12-22)13-15-23-18(3)4/h5-8,17-18H,9-16H2,1-4H3. The molecule has 1 heterocycles. The predicted octanol–water partition coefficient (Wildman–Crippen LogP) is 3.23. The topological polar surface area (TPSA) is 24.9 Å². The van der Waals surface area contributed by atoms with E-state index in [1.54, 1.807) is 0 Å². The number of ether oxygens (including phenoxy) is 2. The number of benzene rings is 1. The van der Waals surface area contributed by atoms with Crippen molar-refractivity contribution in [1.29, 1.82) is 0 Å². The van der Waals surface area contributed by atoms with Crippen molar-refractivity contribution in [2.45, 2.75) is 39.7 Å². The van der Waals surface area contributed by atoms with Crippen LogP contribution in [0.3, 0.4) is 0 Å². The molecule has 0 saturated carbocycles. The lowest BCUT2D eigenvalue weighted by molar-refractivity contribution is 0.0430. The van der Waals surface area contributed by atoms with Crippen LogP contribution in [0.25, 0.3) is 0 Å². The van der Waals surface area contributed by atoms with Gasteiger partial charge < -0.3 is 9.47 Å². The Morgan fingerprint density at radius 1 is 0.833 bits per heavy atom. The minimum Gasteiger partial charge on any atom is -0.492 e. The molecule has 0 bridgehead atoms. The monoisotopic (exact) mass is 334 g/mol. The van der Waals surface area contributed by atoms with Gasteiger partial charge in [-0.05, 0) is 37.5 Å². The van der Waals surface area contributed by atoms with Crippen LogP contribution in [0.2, 0.25) is 0 Å². The first-order valence-corrected chi connectivity index (χ1v) is 9.33. The largest absolute Gasteiger partial charge is 0.492 e. The van der Waals surface area contributed by atoms with Crippen LogP contribution in [0.5, 0.6) is 5.75 Å². The highest BCUT2D eigenvalue weighted by molar-refractivity contribution is 5.28. The zero-order valence-corrected chi connectivity index (χ0v) is 15.8. The van der Waals surface area contributed by atoms with E-state index >= 15 is 0 Å². The van der Waals surface area contributed by atoms with Gasteiger partial charge in [-0.25, -0.2) is 0 Å². The molecule has 0 amide bonds. The van der Waals surface area contributed by atoms with Gasteiger partial charge in [0.2, 0.25) is 0 Å². The second kappa shape index (κ2) is 10.0. The Hall–Kier alpha value is -1.10.